The number of rotatable bonds is 8. The van der Waals surface area contributed by atoms with Crippen molar-refractivity contribution in [1.82, 2.24) is 9.80 Å². The number of aliphatic hydroxyl groups is 1. The molecule has 0 spiro atoms. The third kappa shape index (κ3) is 6.38. The molecule has 1 aliphatic heterocycles. The first-order valence-electron chi connectivity index (χ1n) is 10.7. The van der Waals surface area contributed by atoms with Crippen LogP contribution >= 0.6 is 0 Å². The van der Waals surface area contributed by atoms with E-state index in [1.807, 2.05) is 36.1 Å². The molecule has 1 aliphatic rings. The number of hydrogen-bond donors (Lipinski definition) is 2. The standard InChI is InChI=1S/C24H29N3O5/c1-2-19-5-3-4-6-21(19)25-22(29)15-26-11-13-27(14-12-26)23(30)17-32-24(31)20-9-7-18(16-28)8-10-20/h3-10,28H,2,11-17H2,1H3,(H,25,29). The van der Waals surface area contributed by atoms with Crippen LogP contribution in [0.4, 0.5) is 5.69 Å². The number of piperazine rings is 1. The number of aryl methyl sites for hydroxylation is 1. The molecule has 2 aromatic carbocycles. The summed E-state index contributed by atoms with van der Waals surface area (Å²) in [6.45, 7) is 3.98. The molecule has 0 aromatic heterocycles. The predicted octanol–water partition coefficient (Wildman–Crippen LogP) is 1.68. The number of amides is 2. The van der Waals surface area contributed by atoms with Crippen LogP contribution in [-0.2, 0) is 27.4 Å². The highest BCUT2D eigenvalue weighted by molar-refractivity contribution is 5.93. The zero-order valence-corrected chi connectivity index (χ0v) is 18.3. The third-order valence-corrected chi connectivity index (χ3v) is 5.46. The maximum Gasteiger partial charge on any atom is 0.338 e. The van der Waals surface area contributed by atoms with E-state index in [1.54, 1.807) is 29.2 Å². The first-order valence-corrected chi connectivity index (χ1v) is 10.7. The fourth-order valence-electron chi connectivity index (χ4n) is 3.55. The van der Waals surface area contributed by atoms with Crippen molar-refractivity contribution >= 4 is 23.5 Å². The Morgan fingerprint density at radius 1 is 1.00 bits per heavy atom. The number of aliphatic hydroxyl groups excluding tert-OH is 1. The SMILES string of the molecule is CCc1ccccc1NC(=O)CN1CCN(C(=O)COC(=O)c2ccc(CO)cc2)CC1. The third-order valence-electron chi connectivity index (χ3n) is 5.46. The molecule has 2 N–H and O–H groups in total. The normalized spacial score (nSPS) is 14.1. The van der Waals surface area contributed by atoms with Crippen molar-refractivity contribution in [3.8, 4) is 0 Å². The van der Waals surface area contributed by atoms with E-state index in [4.69, 9.17) is 9.84 Å². The van der Waals surface area contributed by atoms with Gasteiger partial charge in [-0.05, 0) is 35.7 Å². The molecule has 0 bridgehead atoms. The first kappa shape index (κ1) is 23.4. The number of para-hydroxylation sites is 1. The fraction of sp³-hybridized carbons (Fsp3) is 0.375. The Kier molecular flexibility index (Phi) is 8.35. The molecule has 1 saturated heterocycles. The average Bonchev–Trinajstić information content (AvgIpc) is 2.83. The molecule has 3 rings (SSSR count). The molecule has 2 amide bonds. The van der Waals surface area contributed by atoms with Gasteiger partial charge in [-0.1, -0.05) is 37.3 Å². The van der Waals surface area contributed by atoms with E-state index in [0.29, 0.717) is 37.3 Å². The van der Waals surface area contributed by atoms with E-state index >= 15 is 0 Å². The Morgan fingerprint density at radius 2 is 1.69 bits per heavy atom. The maximum absolute atomic E-state index is 12.4. The Bertz CT molecular complexity index is 937. The summed E-state index contributed by atoms with van der Waals surface area (Å²) in [4.78, 5) is 40.5. The molecule has 1 fully saturated rings. The minimum absolute atomic E-state index is 0.0770. The number of nitrogens with zero attached hydrogens (tertiary/aromatic N) is 2. The van der Waals surface area contributed by atoms with Gasteiger partial charge < -0.3 is 20.1 Å². The van der Waals surface area contributed by atoms with Gasteiger partial charge in [0.05, 0.1) is 18.7 Å². The topological polar surface area (TPSA) is 99.2 Å². The molecule has 2 aromatic rings. The number of benzene rings is 2. The second kappa shape index (κ2) is 11.4. The van der Waals surface area contributed by atoms with Crippen LogP contribution < -0.4 is 5.32 Å². The Balaban J connectivity index is 1.40. The van der Waals surface area contributed by atoms with Gasteiger partial charge in [0.25, 0.3) is 5.91 Å². The quantitative estimate of drug-likeness (QED) is 0.608. The van der Waals surface area contributed by atoms with E-state index in [0.717, 1.165) is 17.7 Å². The van der Waals surface area contributed by atoms with Crippen molar-refractivity contribution in [2.45, 2.75) is 20.0 Å². The maximum atomic E-state index is 12.4. The van der Waals surface area contributed by atoms with Crippen LogP contribution in [0.5, 0.6) is 0 Å². The lowest BCUT2D eigenvalue weighted by atomic mass is 10.1. The van der Waals surface area contributed by atoms with Gasteiger partial charge >= 0.3 is 5.97 Å². The molecule has 0 radical (unpaired) electrons. The zero-order valence-electron chi connectivity index (χ0n) is 18.3. The number of anilines is 1. The number of carbonyl (C=O) groups excluding carboxylic acids is 3. The van der Waals surface area contributed by atoms with Crippen LogP contribution in [0.15, 0.2) is 48.5 Å². The van der Waals surface area contributed by atoms with Gasteiger partial charge in [0.2, 0.25) is 5.91 Å². The smallest absolute Gasteiger partial charge is 0.338 e. The van der Waals surface area contributed by atoms with Crippen molar-refractivity contribution in [1.29, 1.82) is 0 Å². The number of esters is 1. The van der Waals surface area contributed by atoms with Gasteiger partial charge in [-0.2, -0.15) is 0 Å². The summed E-state index contributed by atoms with van der Waals surface area (Å²) in [5.41, 5.74) is 2.95. The number of hydrogen-bond acceptors (Lipinski definition) is 6. The predicted molar refractivity (Wildman–Crippen MR) is 120 cm³/mol. The zero-order chi connectivity index (χ0) is 22.9. The van der Waals surface area contributed by atoms with Crippen LogP contribution in [-0.4, -0.2) is 72.0 Å². The average molecular weight is 440 g/mol. The van der Waals surface area contributed by atoms with Crippen molar-refractivity contribution in [3.63, 3.8) is 0 Å². The number of ether oxygens (including phenoxy) is 1. The van der Waals surface area contributed by atoms with Gasteiger partial charge in [-0.3, -0.25) is 14.5 Å². The molecule has 8 nitrogen and oxygen atoms in total. The summed E-state index contributed by atoms with van der Waals surface area (Å²) in [7, 11) is 0. The summed E-state index contributed by atoms with van der Waals surface area (Å²) in [5, 5.41) is 12.0. The van der Waals surface area contributed by atoms with Crippen LogP contribution in [0, 0.1) is 0 Å². The lowest BCUT2D eigenvalue weighted by Gasteiger charge is -2.34. The molecule has 0 unspecified atom stereocenters. The molecule has 32 heavy (non-hydrogen) atoms. The highest BCUT2D eigenvalue weighted by Gasteiger charge is 2.23. The Hall–Kier alpha value is -3.23. The summed E-state index contributed by atoms with van der Waals surface area (Å²) >= 11 is 0. The van der Waals surface area contributed by atoms with Gasteiger partial charge in [0.15, 0.2) is 6.61 Å². The van der Waals surface area contributed by atoms with E-state index in [9.17, 15) is 14.4 Å². The van der Waals surface area contributed by atoms with Gasteiger partial charge in [0, 0.05) is 31.9 Å². The number of carbonyl (C=O) groups is 3. The van der Waals surface area contributed by atoms with Crippen molar-refractivity contribution in [2.75, 3.05) is 44.6 Å². The van der Waals surface area contributed by atoms with E-state index in [1.165, 1.54) is 0 Å². The minimum atomic E-state index is -0.578. The second-order valence-electron chi connectivity index (χ2n) is 7.65. The number of nitrogens with one attached hydrogen (secondary N) is 1. The lowest BCUT2D eigenvalue weighted by molar-refractivity contribution is -0.136. The van der Waals surface area contributed by atoms with Crippen LogP contribution in [0.2, 0.25) is 0 Å². The minimum Gasteiger partial charge on any atom is -0.452 e. The molecule has 0 aliphatic carbocycles. The first-order chi connectivity index (χ1) is 15.5. The van der Waals surface area contributed by atoms with Gasteiger partial charge in [-0.25, -0.2) is 4.79 Å². The van der Waals surface area contributed by atoms with Gasteiger partial charge in [0.1, 0.15) is 0 Å². The Morgan fingerprint density at radius 3 is 2.34 bits per heavy atom. The molecule has 8 heteroatoms. The summed E-state index contributed by atoms with van der Waals surface area (Å²) in [5.74, 6) is -0.913. The molecular formula is C24H29N3O5. The summed E-state index contributed by atoms with van der Waals surface area (Å²) in [6.07, 6.45) is 0.843. The van der Waals surface area contributed by atoms with E-state index in [-0.39, 0.29) is 31.6 Å². The van der Waals surface area contributed by atoms with Crippen molar-refractivity contribution in [2.24, 2.45) is 0 Å². The van der Waals surface area contributed by atoms with Crippen LogP contribution in [0.25, 0.3) is 0 Å². The van der Waals surface area contributed by atoms with Crippen molar-refractivity contribution in [3.05, 3.63) is 65.2 Å². The molecular weight excluding hydrogens is 410 g/mol. The molecule has 0 atom stereocenters. The van der Waals surface area contributed by atoms with E-state index < -0.39 is 5.97 Å². The summed E-state index contributed by atoms with van der Waals surface area (Å²) in [6, 6.07) is 14.1. The van der Waals surface area contributed by atoms with Gasteiger partial charge in [-0.15, -0.1) is 0 Å². The molecule has 170 valence electrons. The van der Waals surface area contributed by atoms with Crippen LogP contribution in [0.1, 0.15) is 28.4 Å². The summed E-state index contributed by atoms with van der Waals surface area (Å²) < 4.78 is 5.13. The largest absolute Gasteiger partial charge is 0.452 e. The van der Waals surface area contributed by atoms with E-state index in [2.05, 4.69) is 5.32 Å². The highest BCUT2D eigenvalue weighted by Crippen LogP contribution is 2.15. The van der Waals surface area contributed by atoms with Crippen molar-refractivity contribution < 1.29 is 24.2 Å². The Labute approximate surface area is 187 Å². The second-order valence-corrected chi connectivity index (χ2v) is 7.65. The lowest BCUT2D eigenvalue weighted by Crippen LogP contribution is -2.51. The molecule has 0 saturated carbocycles. The highest BCUT2D eigenvalue weighted by atomic mass is 16.5. The fourth-order valence-corrected chi connectivity index (χ4v) is 3.55. The molecule has 1 heterocycles. The monoisotopic (exact) mass is 439 g/mol. The van der Waals surface area contributed by atoms with Crippen LogP contribution in [0.3, 0.4) is 0 Å².